The second kappa shape index (κ2) is 13.0. The number of amides is 1. The Labute approximate surface area is 181 Å². The van der Waals surface area contributed by atoms with Gasteiger partial charge in [-0.25, -0.2) is 4.79 Å². The number of carbonyl (C=O) groups is 1. The van der Waals surface area contributed by atoms with Crippen molar-refractivity contribution in [2.75, 3.05) is 47.0 Å². The fourth-order valence-corrected chi connectivity index (χ4v) is 2.47. The number of carbonyl (C=O) groups excluding carboxylic acids is 1. The first-order valence-electron chi connectivity index (χ1n) is 10.3. The molecule has 170 valence electrons. The largest absolute Gasteiger partial charge is 0.491 e. The van der Waals surface area contributed by atoms with Crippen molar-refractivity contribution in [3.8, 4) is 5.75 Å². The number of aliphatic imine (C=N–C) groups is 1. The molecule has 0 spiro atoms. The fraction of sp³-hybridized carbons (Fsp3) is 0.636. The van der Waals surface area contributed by atoms with Crippen molar-refractivity contribution in [2.24, 2.45) is 4.99 Å². The summed E-state index contributed by atoms with van der Waals surface area (Å²) in [6.45, 7) is 12.9. The summed E-state index contributed by atoms with van der Waals surface area (Å²) in [6, 6.07) is 6.12. The van der Waals surface area contributed by atoms with Gasteiger partial charge >= 0.3 is 6.09 Å². The molecule has 0 saturated heterocycles. The molecule has 0 bridgehead atoms. The van der Waals surface area contributed by atoms with E-state index in [1.54, 1.807) is 14.1 Å². The lowest BCUT2D eigenvalue weighted by Gasteiger charge is -2.25. The van der Waals surface area contributed by atoms with E-state index in [-0.39, 0.29) is 6.09 Å². The standard InChI is InChI=1S/C22H38N4O4/c1-8-28-13-14-29-19-15-17(2)9-10-18(19)16-25-20(23-6)24-11-12-26(7)21(27)30-22(3,4)5/h9-10,15H,8,11-14,16H2,1-7H3,(H2,23,24,25). The van der Waals surface area contributed by atoms with Crippen LogP contribution in [0, 0.1) is 6.92 Å². The van der Waals surface area contributed by atoms with Crippen molar-refractivity contribution >= 4 is 12.1 Å². The van der Waals surface area contributed by atoms with Gasteiger partial charge in [-0.3, -0.25) is 4.99 Å². The number of rotatable bonds is 10. The molecule has 0 heterocycles. The minimum absolute atomic E-state index is 0.347. The van der Waals surface area contributed by atoms with E-state index in [0.29, 0.717) is 45.4 Å². The van der Waals surface area contributed by atoms with E-state index < -0.39 is 5.60 Å². The Morgan fingerprint density at radius 2 is 1.93 bits per heavy atom. The number of aryl methyl sites for hydroxylation is 1. The third-order valence-corrected chi connectivity index (χ3v) is 4.03. The lowest BCUT2D eigenvalue weighted by molar-refractivity contribution is 0.0302. The summed E-state index contributed by atoms with van der Waals surface area (Å²) in [6.07, 6.45) is -0.347. The van der Waals surface area contributed by atoms with Crippen LogP contribution in [0.4, 0.5) is 4.79 Å². The van der Waals surface area contributed by atoms with Crippen molar-refractivity contribution in [3.05, 3.63) is 29.3 Å². The maximum atomic E-state index is 12.0. The van der Waals surface area contributed by atoms with Crippen LogP contribution in [0.25, 0.3) is 0 Å². The van der Waals surface area contributed by atoms with Crippen molar-refractivity contribution in [1.82, 2.24) is 15.5 Å². The van der Waals surface area contributed by atoms with Crippen LogP contribution in [-0.2, 0) is 16.0 Å². The van der Waals surface area contributed by atoms with E-state index in [4.69, 9.17) is 14.2 Å². The average molecular weight is 423 g/mol. The predicted octanol–water partition coefficient (Wildman–Crippen LogP) is 2.94. The summed E-state index contributed by atoms with van der Waals surface area (Å²) in [5.74, 6) is 1.48. The first kappa shape index (κ1) is 25.6. The number of hydrogen-bond acceptors (Lipinski definition) is 5. The molecule has 0 aromatic heterocycles. The molecule has 1 rings (SSSR count). The quantitative estimate of drug-likeness (QED) is 0.343. The average Bonchev–Trinajstić information content (AvgIpc) is 2.67. The van der Waals surface area contributed by atoms with E-state index in [9.17, 15) is 4.79 Å². The summed E-state index contributed by atoms with van der Waals surface area (Å²) in [4.78, 5) is 17.8. The molecule has 0 aliphatic heterocycles. The normalized spacial score (nSPS) is 11.8. The fourth-order valence-electron chi connectivity index (χ4n) is 2.47. The van der Waals surface area contributed by atoms with E-state index >= 15 is 0 Å². The zero-order valence-electron chi connectivity index (χ0n) is 19.5. The smallest absolute Gasteiger partial charge is 0.410 e. The molecule has 8 heteroatoms. The molecule has 0 aliphatic carbocycles. The van der Waals surface area contributed by atoms with Crippen molar-refractivity contribution < 1.29 is 19.0 Å². The van der Waals surface area contributed by atoms with Crippen molar-refractivity contribution in [2.45, 2.75) is 46.8 Å². The molecular weight excluding hydrogens is 384 g/mol. The molecule has 0 atom stereocenters. The minimum Gasteiger partial charge on any atom is -0.491 e. The van der Waals surface area contributed by atoms with Gasteiger partial charge in [0.1, 0.15) is 18.0 Å². The van der Waals surface area contributed by atoms with E-state index in [1.165, 1.54) is 4.90 Å². The molecule has 0 fully saturated rings. The van der Waals surface area contributed by atoms with Gasteiger partial charge in [0, 0.05) is 45.9 Å². The summed E-state index contributed by atoms with van der Waals surface area (Å²) >= 11 is 0. The predicted molar refractivity (Wildman–Crippen MR) is 120 cm³/mol. The first-order chi connectivity index (χ1) is 14.2. The van der Waals surface area contributed by atoms with Crippen LogP contribution < -0.4 is 15.4 Å². The maximum Gasteiger partial charge on any atom is 0.410 e. The van der Waals surface area contributed by atoms with Crippen molar-refractivity contribution in [1.29, 1.82) is 0 Å². The number of likely N-dealkylation sites (N-methyl/N-ethyl adjacent to an activating group) is 1. The van der Waals surface area contributed by atoms with Crippen LogP contribution in [-0.4, -0.2) is 69.6 Å². The Balaban J connectivity index is 2.51. The molecule has 0 radical (unpaired) electrons. The molecule has 2 N–H and O–H groups in total. The van der Waals surface area contributed by atoms with Gasteiger partial charge < -0.3 is 29.7 Å². The molecule has 0 unspecified atom stereocenters. The Kier molecular flexibility index (Phi) is 11.0. The zero-order chi connectivity index (χ0) is 22.6. The SMILES string of the molecule is CCOCCOc1cc(C)ccc1CNC(=NC)NCCN(C)C(=O)OC(C)(C)C. The number of guanidine groups is 1. The molecule has 30 heavy (non-hydrogen) atoms. The molecule has 1 amide bonds. The number of ether oxygens (including phenoxy) is 3. The number of nitrogens with zero attached hydrogens (tertiary/aromatic N) is 2. The second-order valence-electron chi connectivity index (χ2n) is 7.91. The van der Waals surface area contributed by atoms with Crippen LogP contribution in [0.2, 0.25) is 0 Å². The van der Waals surface area contributed by atoms with Gasteiger partial charge in [0.25, 0.3) is 0 Å². The Hall–Kier alpha value is -2.48. The van der Waals surface area contributed by atoms with Gasteiger partial charge in [-0.1, -0.05) is 12.1 Å². The van der Waals surface area contributed by atoms with E-state index in [2.05, 4.69) is 21.7 Å². The third kappa shape index (κ3) is 10.3. The summed E-state index contributed by atoms with van der Waals surface area (Å²) in [5.41, 5.74) is 1.66. The molecule has 0 saturated carbocycles. The van der Waals surface area contributed by atoms with Crippen molar-refractivity contribution in [3.63, 3.8) is 0 Å². The van der Waals surface area contributed by atoms with Crippen LogP contribution in [0.15, 0.2) is 23.2 Å². The van der Waals surface area contributed by atoms with E-state index in [1.807, 2.05) is 46.8 Å². The van der Waals surface area contributed by atoms with Gasteiger partial charge in [0.15, 0.2) is 5.96 Å². The number of hydrogen-bond donors (Lipinski definition) is 2. The Bertz CT molecular complexity index is 686. The Morgan fingerprint density at radius 3 is 2.57 bits per heavy atom. The topological polar surface area (TPSA) is 84.4 Å². The van der Waals surface area contributed by atoms with Crippen LogP contribution in [0.1, 0.15) is 38.8 Å². The molecular formula is C22H38N4O4. The van der Waals surface area contributed by atoms with Crippen LogP contribution >= 0.6 is 0 Å². The summed E-state index contributed by atoms with van der Waals surface area (Å²) in [7, 11) is 3.42. The third-order valence-electron chi connectivity index (χ3n) is 4.03. The highest BCUT2D eigenvalue weighted by Gasteiger charge is 2.19. The highest BCUT2D eigenvalue weighted by Crippen LogP contribution is 2.20. The zero-order valence-corrected chi connectivity index (χ0v) is 19.5. The van der Waals surface area contributed by atoms with Gasteiger partial charge in [0.2, 0.25) is 0 Å². The van der Waals surface area contributed by atoms with Gasteiger partial charge in [-0.15, -0.1) is 0 Å². The molecule has 1 aromatic rings. The number of benzene rings is 1. The lowest BCUT2D eigenvalue weighted by atomic mass is 10.1. The van der Waals surface area contributed by atoms with Gasteiger partial charge in [-0.05, 0) is 46.2 Å². The van der Waals surface area contributed by atoms with Crippen LogP contribution in [0.3, 0.4) is 0 Å². The Morgan fingerprint density at radius 1 is 1.20 bits per heavy atom. The van der Waals surface area contributed by atoms with E-state index in [0.717, 1.165) is 16.9 Å². The molecule has 0 aliphatic rings. The summed E-state index contributed by atoms with van der Waals surface area (Å²) in [5, 5.41) is 6.49. The highest BCUT2D eigenvalue weighted by molar-refractivity contribution is 5.79. The van der Waals surface area contributed by atoms with Gasteiger partial charge in [0.05, 0.1) is 6.61 Å². The minimum atomic E-state index is -0.507. The monoisotopic (exact) mass is 422 g/mol. The highest BCUT2D eigenvalue weighted by atomic mass is 16.6. The second-order valence-corrected chi connectivity index (χ2v) is 7.91. The summed E-state index contributed by atoms with van der Waals surface area (Å²) < 4.78 is 16.6. The van der Waals surface area contributed by atoms with Gasteiger partial charge in [-0.2, -0.15) is 0 Å². The molecule has 1 aromatic carbocycles. The first-order valence-corrected chi connectivity index (χ1v) is 10.3. The number of nitrogens with one attached hydrogen (secondary N) is 2. The maximum absolute atomic E-state index is 12.0. The lowest BCUT2D eigenvalue weighted by Crippen LogP contribution is -2.42. The molecule has 8 nitrogen and oxygen atoms in total. The van der Waals surface area contributed by atoms with Crippen LogP contribution in [0.5, 0.6) is 5.75 Å².